The van der Waals surface area contributed by atoms with Crippen LogP contribution in [0.3, 0.4) is 0 Å². The van der Waals surface area contributed by atoms with E-state index in [9.17, 15) is 0 Å². The number of furan rings is 1. The molecular formula is C16H12Cl2N2O. The maximum absolute atomic E-state index is 6.30. The fraction of sp³-hybridized carbons (Fsp3) is 0.125. The first-order valence-electron chi connectivity index (χ1n) is 6.41. The van der Waals surface area contributed by atoms with Crippen LogP contribution in [0.2, 0.25) is 10.3 Å². The van der Waals surface area contributed by atoms with E-state index in [-0.39, 0.29) is 0 Å². The summed E-state index contributed by atoms with van der Waals surface area (Å²) in [5.74, 6) is 0.970. The van der Waals surface area contributed by atoms with Gasteiger partial charge in [0.15, 0.2) is 11.6 Å². The van der Waals surface area contributed by atoms with Crippen LogP contribution in [0, 0.1) is 13.8 Å². The summed E-state index contributed by atoms with van der Waals surface area (Å²) in [4.78, 5) is 8.62. The average Bonchev–Trinajstić information content (AvgIpc) is 2.86. The number of rotatable bonds is 2. The van der Waals surface area contributed by atoms with Gasteiger partial charge in [-0.1, -0.05) is 53.0 Å². The van der Waals surface area contributed by atoms with Gasteiger partial charge in [0.1, 0.15) is 10.3 Å². The third kappa shape index (κ3) is 2.67. The minimum absolute atomic E-state index is 0.310. The molecule has 2 heterocycles. The maximum atomic E-state index is 6.30. The molecule has 0 N–H and O–H groups in total. The van der Waals surface area contributed by atoms with Gasteiger partial charge in [-0.2, -0.15) is 0 Å². The summed E-state index contributed by atoms with van der Waals surface area (Å²) < 4.78 is 5.38. The Balaban J connectivity index is 2.13. The Bertz CT molecular complexity index is 771. The monoisotopic (exact) mass is 318 g/mol. The molecule has 0 amide bonds. The molecule has 3 aromatic rings. The van der Waals surface area contributed by atoms with E-state index in [2.05, 4.69) is 9.97 Å². The van der Waals surface area contributed by atoms with E-state index in [1.165, 1.54) is 0 Å². The lowest BCUT2D eigenvalue weighted by atomic mass is 10.1. The van der Waals surface area contributed by atoms with Gasteiger partial charge in [-0.25, -0.2) is 9.97 Å². The first-order chi connectivity index (χ1) is 10.1. The van der Waals surface area contributed by atoms with E-state index in [4.69, 9.17) is 27.6 Å². The van der Waals surface area contributed by atoms with Gasteiger partial charge in [0.05, 0.1) is 11.8 Å². The fourth-order valence-corrected chi connectivity index (χ4v) is 2.68. The highest BCUT2D eigenvalue weighted by molar-refractivity contribution is 6.37. The van der Waals surface area contributed by atoms with Crippen molar-refractivity contribution in [2.75, 3.05) is 0 Å². The van der Waals surface area contributed by atoms with E-state index >= 15 is 0 Å². The summed E-state index contributed by atoms with van der Waals surface area (Å²) in [6, 6.07) is 9.72. The van der Waals surface area contributed by atoms with Gasteiger partial charge in [-0.15, -0.1) is 0 Å². The molecule has 0 saturated heterocycles. The Morgan fingerprint density at radius 3 is 2.05 bits per heavy atom. The van der Waals surface area contributed by atoms with E-state index in [1.807, 2.05) is 44.2 Å². The molecule has 0 aliphatic carbocycles. The molecular weight excluding hydrogens is 307 g/mol. The number of halogens is 2. The number of aryl methyl sites for hydroxylation is 2. The van der Waals surface area contributed by atoms with E-state index in [0.29, 0.717) is 27.5 Å². The molecule has 0 atom stereocenters. The minimum atomic E-state index is 0.310. The SMILES string of the molecule is Cc1ccc(-c2c(Cl)nc(-c3occc3C)nc2Cl)cc1. The molecule has 0 unspecified atom stereocenters. The minimum Gasteiger partial charge on any atom is -0.461 e. The molecule has 0 bridgehead atoms. The maximum Gasteiger partial charge on any atom is 0.198 e. The Morgan fingerprint density at radius 2 is 1.52 bits per heavy atom. The second-order valence-corrected chi connectivity index (χ2v) is 5.52. The lowest BCUT2D eigenvalue weighted by Gasteiger charge is -2.08. The lowest BCUT2D eigenvalue weighted by molar-refractivity contribution is 0.575. The van der Waals surface area contributed by atoms with Crippen LogP contribution in [0.15, 0.2) is 41.0 Å². The highest BCUT2D eigenvalue weighted by Crippen LogP contribution is 2.34. The van der Waals surface area contributed by atoms with Crippen molar-refractivity contribution in [2.24, 2.45) is 0 Å². The highest BCUT2D eigenvalue weighted by atomic mass is 35.5. The van der Waals surface area contributed by atoms with Crippen molar-refractivity contribution < 1.29 is 4.42 Å². The number of nitrogens with zero attached hydrogens (tertiary/aromatic N) is 2. The fourth-order valence-electron chi connectivity index (χ4n) is 2.07. The number of hydrogen-bond donors (Lipinski definition) is 0. The normalized spacial score (nSPS) is 10.9. The molecule has 1 aromatic carbocycles. The lowest BCUT2D eigenvalue weighted by Crippen LogP contribution is -1.95. The number of benzene rings is 1. The Kier molecular flexibility index (Phi) is 3.70. The first kappa shape index (κ1) is 14.1. The second kappa shape index (κ2) is 5.51. The molecule has 21 heavy (non-hydrogen) atoms. The third-order valence-corrected chi connectivity index (χ3v) is 3.77. The van der Waals surface area contributed by atoms with Crippen molar-refractivity contribution in [2.45, 2.75) is 13.8 Å². The van der Waals surface area contributed by atoms with Gasteiger partial charge in [-0.05, 0) is 31.0 Å². The van der Waals surface area contributed by atoms with Crippen LogP contribution in [0.4, 0.5) is 0 Å². The zero-order valence-electron chi connectivity index (χ0n) is 11.5. The van der Waals surface area contributed by atoms with E-state index < -0.39 is 0 Å². The molecule has 0 saturated carbocycles. The average molecular weight is 319 g/mol. The van der Waals surface area contributed by atoms with E-state index in [1.54, 1.807) is 6.26 Å². The molecule has 3 rings (SSSR count). The summed E-state index contributed by atoms with van der Waals surface area (Å²) in [6.45, 7) is 3.93. The molecule has 2 aromatic heterocycles. The topological polar surface area (TPSA) is 38.9 Å². The Hall–Kier alpha value is -1.84. The second-order valence-electron chi connectivity index (χ2n) is 4.80. The van der Waals surface area contributed by atoms with Crippen molar-refractivity contribution in [3.8, 4) is 22.7 Å². The third-order valence-electron chi connectivity index (χ3n) is 3.23. The standard InChI is InChI=1S/C16H12Cl2N2O/c1-9-3-5-11(6-4-9)12-14(17)19-16(20-15(12)18)13-10(2)7-8-21-13/h3-8H,1-2H3. The summed E-state index contributed by atoms with van der Waals surface area (Å²) >= 11 is 12.6. The highest BCUT2D eigenvalue weighted by Gasteiger charge is 2.17. The van der Waals surface area contributed by atoms with Crippen molar-refractivity contribution in [1.82, 2.24) is 9.97 Å². The van der Waals surface area contributed by atoms with Crippen LogP contribution in [0.1, 0.15) is 11.1 Å². The molecule has 0 aliphatic rings. The molecule has 0 aliphatic heterocycles. The molecule has 106 valence electrons. The molecule has 0 fully saturated rings. The zero-order chi connectivity index (χ0) is 15.0. The van der Waals surface area contributed by atoms with Crippen LogP contribution in [0.5, 0.6) is 0 Å². The van der Waals surface area contributed by atoms with Crippen molar-refractivity contribution in [3.05, 3.63) is 58.0 Å². The predicted molar refractivity (Wildman–Crippen MR) is 84.7 cm³/mol. The van der Waals surface area contributed by atoms with Crippen LogP contribution < -0.4 is 0 Å². The van der Waals surface area contributed by atoms with Gasteiger partial charge in [-0.3, -0.25) is 0 Å². The van der Waals surface area contributed by atoms with Gasteiger partial charge in [0, 0.05) is 0 Å². The largest absolute Gasteiger partial charge is 0.461 e. The summed E-state index contributed by atoms with van der Waals surface area (Å²) in [5.41, 5.74) is 3.62. The zero-order valence-corrected chi connectivity index (χ0v) is 13.0. The van der Waals surface area contributed by atoms with Gasteiger partial charge in [0.2, 0.25) is 0 Å². The van der Waals surface area contributed by atoms with Crippen molar-refractivity contribution >= 4 is 23.2 Å². The van der Waals surface area contributed by atoms with Crippen LogP contribution in [-0.4, -0.2) is 9.97 Å². The summed E-state index contributed by atoms with van der Waals surface area (Å²) in [5, 5.41) is 0.620. The quantitative estimate of drug-likeness (QED) is 0.599. The summed E-state index contributed by atoms with van der Waals surface area (Å²) in [6.07, 6.45) is 1.59. The van der Waals surface area contributed by atoms with E-state index in [0.717, 1.165) is 16.7 Å². The Morgan fingerprint density at radius 1 is 0.905 bits per heavy atom. The molecule has 0 spiro atoms. The van der Waals surface area contributed by atoms with Gasteiger partial charge < -0.3 is 4.42 Å². The van der Waals surface area contributed by atoms with Gasteiger partial charge >= 0.3 is 0 Å². The Labute approximate surface area is 132 Å². The number of aromatic nitrogens is 2. The van der Waals surface area contributed by atoms with Crippen LogP contribution >= 0.6 is 23.2 Å². The smallest absolute Gasteiger partial charge is 0.198 e. The molecule has 3 nitrogen and oxygen atoms in total. The molecule has 5 heteroatoms. The van der Waals surface area contributed by atoms with Crippen molar-refractivity contribution in [1.29, 1.82) is 0 Å². The summed E-state index contributed by atoms with van der Waals surface area (Å²) in [7, 11) is 0. The molecule has 0 radical (unpaired) electrons. The van der Waals surface area contributed by atoms with Crippen LogP contribution in [-0.2, 0) is 0 Å². The van der Waals surface area contributed by atoms with Crippen molar-refractivity contribution in [3.63, 3.8) is 0 Å². The van der Waals surface area contributed by atoms with Gasteiger partial charge in [0.25, 0.3) is 0 Å². The van der Waals surface area contributed by atoms with Crippen LogP contribution in [0.25, 0.3) is 22.7 Å². The predicted octanol–water partition coefficient (Wildman–Crippen LogP) is 5.33. The number of hydrogen-bond acceptors (Lipinski definition) is 3. The first-order valence-corrected chi connectivity index (χ1v) is 7.16.